The Morgan fingerprint density at radius 1 is 1.20 bits per heavy atom. The second kappa shape index (κ2) is 4.04. The zero-order valence-corrected chi connectivity index (χ0v) is 9.31. The second-order valence-electron chi connectivity index (χ2n) is 3.07. The molecule has 0 aliphatic heterocycles. The van der Waals surface area contributed by atoms with E-state index in [4.69, 9.17) is 17.3 Å². The van der Waals surface area contributed by atoms with E-state index in [9.17, 15) is 4.79 Å². The molecular weight excluding hydrogens is 230 g/mol. The molecule has 0 atom stereocenters. The normalized spacial score (nSPS) is 10.2. The zero-order valence-electron chi connectivity index (χ0n) is 7.74. The van der Waals surface area contributed by atoms with Crippen LogP contribution in [0.2, 0.25) is 5.02 Å². The number of thiophene rings is 1. The number of primary amides is 1. The van der Waals surface area contributed by atoms with Crippen molar-refractivity contribution in [1.29, 1.82) is 0 Å². The Labute approximate surface area is 96.3 Å². The largest absolute Gasteiger partial charge is 0.365 e. The van der Waals surface area contributed by atoms with Gasteiger partial charge in [-0.25, -0.2) is 0 Å². The molecule has 0 aliphatic rings. The Kier molecular flexibility index (Phi) is 2.75. The third-order valence-electron chi connectivity index (χ3n) is 2.02. The zero-order chi connectivity index (χ0) is 10.8. The lowest BCUT2D eigenvalue weighted by Crippen LogP contribution is -2.08. The van der Waals surface area contributed by atoms with Gasteiger partial charge < -0.3 is 5.73 Å². The molecule has 1 aromatic heterocycles. The number of carbonyl (C=O) groups is 1. The van der Waals surface area contributed by atoms with E-state index in [1.54, 1.807) is 6.07 Å². The Balaban J connectivity index is 2.37. The Morgan fingerprint density at radius 2 is 1.87 bits per heavy atom. The smallest absolute Gasteiger partial charge is 0.258 e. The highest BCUT2D eigenvalue weighted by Gasteiger charge is 2.06. The van der Waals surface area contributed by atoms with Crippen LogP contribution in [0, 0.1) is 0 Å². The van der Waals surface area contributed by atoms with Crippen molar-refractivity contribution in [3.05, 3.63) is 45.6 Å². The van der Waals surface area contributed by atoms with Gasteiger partial charge in [0.15, 0.2) is 0 Å². The molecule has 1 heterocycles. The summed E-state index contributed by atoms with van der Waals surface area (Å²) in [6, 6.07) is 9.25. The molecule has 0 radical (unpaired) electrons. The molecule has 0 aliphatic carbocycles. The molecule has 0 fully saturated rings. The van der Waals surface area contributed by atoms with Crippen molar-refractivity contribution in [2.45, 2.75) is 0 Å². The van der Waals surface area contributed by atoms with Crippen molar-refractivity contribution < 1.29 is 4.79 Å². The summed E-state index contributed by atoms with van der Waals surface area (Å²) in [6.45, 7) is 0. The molecule has 2 nitrogen and oxygen atoms in total. The molecule has 0 saturated heterocycles. The van der Waals surface area contributed by atoms with E-state index in [1.807, 2.05) is 29.6 Å². The predicted molar refractivity (Wildman–Crippen MR) is 63.3 cm³/mol. The third-order valence-corrected chi connectivity index (χ3v) is 3.22. The Bertz CT molecular complexity index is 490. The number of nitrogens with two attached hydrogens (primary N) is 1. The maximum atomic E-state index is 10.9. The van der Waals surface area contributed by atoms with E-state index < -0.39 is 0 Å². The fourth-order valence-electron chi connectivity index (χ4n) is 1.26. The molecule has 2 aromatic rings. The topological polar surface area (TPSA) is 43.1 Å². The van der Waals surface area contributed by atoms with Gasteiger partial charge in [-0.05, 0) is 34.7 Å². The number of rotatable bonds is 2. The van der Waals surface area contributed by atoms with Gasteiger partial charge in [-0.2, -0.15) is 0 Å². The van der Waals surface area contributed by atoms with Gasteiger partial charge in [0.1, 0.15) is 0 Å². The summed E-state index contributed by atoms with van der Waals surface area (Å²) in [5.74, 6) is -0.389. The molecule has 0 unspecified atom stereocenters. The molecule has 4 heteroatoms. The number of carbonyl (C=O) groups excluding carboxylic acids is 1. The molecule has 0 spiro atoms. The highest BCUT2D eigenvalue weighted by Crippen LogP contribution is 2.26. The molecule has 0 bridgehead atoms. The van der Waals surface area contributed by atoms with Gasteiger partial charge in [0.25, 0.3) is 5.91 Å². The highest BCUT2D eigenvalue weighted by molar-refractivity contribution is 7.12. The Morgan fingerprint density at radius 3 is 2.40 bits per heavy atom. The quantitative estimate of drug-likeness (QED) is 0.857. The fraction of sp³-hybridized carbons (Fsp3) is 0. The van der Waals surface area contributed by atoms with Gasteiger partial charge in [-0.3, -0.25) is 4.79 Å². The van der Waals surface area contributed by atoms with E-state index in [0.717, 1.165) is 11.1 Å². The number of hydrogen-bond donors (Lipinski definition) is 1. The average molecular weight is 238 g/mol. The third kappa shape index (κ3) is 2.19. The minimum absolute atomic E-state index is 0.389. The maximum Gasteiger partial charge on any atom is 0.258 e. The summed E-state index contributed by atoms with van der Waals surface area (Å²) in [5.41, 5.74) is 7.20. The summed E-state index contributed by atoms with van der Waals surface area (Å²) < 4.78 is 0. The molecule has 2 N–H and O–H groups in total. The van der Waals surface area contributed by atoms with Crippen molar-refractivity contribution in [3.8, 4) is 11.1 Å². The summed E-state index contributed by atoms with van der Waals surface area (Å²) in [7, 11) is 0. The lowest BCUT2D eigenvalue weighted by atomic mass is 10.1. The van der Waals surface area contributed by atoms with Crippen LogP contribution >= 0.6 is 22.9 Å². The van der Waals surface area contributed by atoms with Crippen LogP contribution in [0.25, 0.3) is 11.1 Å². The van der Waals surface area contributed by atoms with Crippen molar-refractivity contribution >= 4 is 28.8 Å². The Hall–Kier alpha value is -1.32. The monoisotopic (exact) mass is 237 g/mol. The second-order valence-corrected chi connectivity index (χ2v) is 4.42. The maximum absolute atomic E-state index is 10.9. The van der Waals surface area contributed by atoms with E-state index in [0.29, 0.717) is 9.90 Å². The van der Waals surface area contributed by atoms with Crippen LogP contribution in [-0.4, -0.2) is 5.91 Å². The lowest BCUT2D eigenvalue weighted by molar-refractivity contribution is 0.100. The van der Waals surface area contributed by atoms with E-state index in [-0.39, 0.29) is 5.91 Å². The van der Waals surface area contributed by atoms with E-state index in [1.165, 1.54) is 11.3 Å². The van der Waals surface area contributed by atoms with Crippen molar-refractivity contribution in [2.24, 2.45) is 5.73 Å². The van der Waals surface area contributed by atoms with Gasteiger partial charge >= 0.3 is 0 Å². The average Bonchev–Trinajstić information content (AvgIpc) is 2.68. The number of benzene rings is 1. The lowest BCUT2D eigenvalue weighted by Gasteiger charge is -1.96. The van der Waals surface area contributed by atoms with Crippen LogP contribution in [0.1, 0.15) is 9.67 Å². The van der Waals surface area contributed by atoms with Gasteiger partial charge in [-0.1, -0.05) is 23.7 Å². The first-order valence-electron chi connectivity index (χ1n) is 4.31. The first-order valence-corrected chi connectivity index (χ1v) is 5.57. The van der Waals surface area contributed by atoms with Crippen LogP contribution in [0.3, 0.4) is 0 Å². The van der Waals surface area contributed by atoms with E-state index in [2.05, 4.69) is 0 Å². The van der Waals surface area contributed by atoms with Crippen molar-refractivity contribution in [1.82, 2.24) is 0 Å². The number of hydrogen-bond acceptors (Lipinski definition) is 2. The summed E-state index contributed by atoms with van der Waals surface area (Å²) in [4.78, 5) is 11.5. The molecule has 0 saturated carbocycles. The summed E-state index contributed by atoms with van der Waals surface area (Å²) in [5, 5.41) is 2.60. The first-order chi connectivity index (χ1) is 7.16. The minimum Gasteiger partial charge on any atom is -0.365 e. The summed E-state index contributed by atoms with van der Waals surface area (Å²) >= 11 is 7.13. The van der Waals surface area contributed by atoms with Gasteiger partial charge in [0, 0.05) is 5.02 Å². The molecule has 15 heavy (non-hydrogen) atoms. The molecule has 2 rings (SSSR count). The SMILES string of the molecule is NC(=O)c1cc(-c2ccc(Cl)cc2)cs1. The van der Waals surface area contributed by atoms with Crippen LogP contribution in [0.4, 0.5) is 0 Å². The van der Waals surface area contributed by atoms with Gasteiger partial charge in [0.05, 0.1) is 4.88 Å². The predicted octanol–water partition coefficient (Wildman–Crippen LogP) is 3.17. The number of halogens is 1. The van der Waals surface area contributed by atoms with Gasteiger partial charge in [-0.15, -0.1) is 11.3 Å². The van der Waals surface area contributed by atoms with Crippen LogP contribution in [-0.2, 0) is 0 Å². The minimum atomic E-state index is -0.389. The highest BCUT2D eigenvalue weighted by atomic mass is 35.5. The first kappa shape index (κ1) is 10.2. The summed E-state index contributed by atoms with van der Waals surface area (Å²) in [6.07, 6.45) is 0. The van der Waals surface area contributed by atoms with Gasteiger partial charge in [0.2, 0.25) is 0 Å². The fourth-order valence-corrected chi connectivity index (χ4v) is 2.15. The van der Waals surface area contributed by atoms with Crippen LogP contribution < -0.4 is 5.73 Å². The molecule has 1 amide bonds. The van der Waals surface area contributed by atoms with Crippen molar-refractivity contribution in [3.63, 3.8) is 0 Å². The molecular formula is C11H8ClNOS. The van der Waals surface area contributed by atoms with Crippen LogP contribution in [0.5, 0.6) is 0 Å². The standard InChI is InChI=1S/C11H8ClNOS/c12-9-3-1-7(2-4-9)8-5-10(11(13)14)15-6-8/h1-6H,(H2,13,14). The molecule has 76 valence electrons. The molecule has 1 aromatic carbocycles. The van der Waals surface area contributed by atoms with Crippen molar-refractivity contribution in [2.75, 3.05) is 0 Å². The van der Waals surface area contributed by atoms with E-state index >= 15 is 0 Å². The number of amides is 1. The van der Waals surface area contributed by atoms with Crippen LogP contribution in [0.15, 0.2) is 35.7 Å².